The van der Waals surface area contributed by atoms with Crippen molar-refractivity contribution in [2.75, 3.05) is 0 Å². The number of hydrogen-bond donors (Lipinski definition) is 0. The van der Waals surface area contributed by atoms with Crippen LogP contribution in [-0.2, 0) is 0 Å². The summed E-state index contributed by atoms with van der Waals surface area (Å²) in [7, 11) is 0. The molecule has 0 amide bonds. The zero-order valence-corrected chi connectivity index (χ0v) is 6.55. The van der Waals surface area contributed by atoms with Gasteiger partial charge >= 0.3 is 0 Å². The van der Waals surface area contributed by atoms with E-state index in [2.05, 4.69) is 0 Å². The molecule has 0 aromatic heterocycles. The first kappa shape index (κ1) is 5.62. The molecule has 56 valence electrons. The van der Waals surface area contributed by atoms with Crippen LogP contribution in [0.25, 0.3) is 0 Å². The molecule has 0 radical (unpaired) electrons. The van der Waals surface area contributed by atoms with Crippen LogP contribution in [0.4, 0.5) is 0 Å². The number of rotatable bonds is 0. The molecule has 4 atom stereocenters. The third-order valence-corrected chi connectivity index (χ3v) is 4.35. The van der Waals surface area contributed by atoms with Gasteiger partial charge in [-0.1, -0.05) is 6.42 Å². The van der Waals surface area contributed by atoms with Gasteiger partial charge < -0.3 is 0 Å². The minimum atomic E-state index is 1.19. The van der Waals surface area contributed by atoms with Crippen LogP contribution in [-0.4, -0.2) is 0 Å². The van der Waals surface area contributed by atoms with Crippen molar-refractivity contribution in [3.8, 4) is 0 Å². The molecule has 0 aliphatic heterocycles. The highest BCUT2D eigenvalue weighted by Crippen LogP contribution is 2.58. The molecule has 3 fully saturated rings. The zero-order chi connectivity index (χ0) is 6.55. The third-order valence-electron chi connectivity index (χ3n) is 4.35. The molecule has 3 aliphatic rings. The second-order valence-corrected chi connectivity index (χ2v) is 4.59. The van der Waals surface area contributed by atoms with Gasteiger partial charge in [-0.25, -0.2) is 0 Å². The first-order chi connectivity index (χ1) is 4.95. The Labute approximate surface area is 63.0 Å². The Bertz CT molecular complexity index is 134. The maximum Gasteiger partial charge on any atom is -0.0355 e. The van der Waals surface area contributed by atoms with Gasteiger partial charge in [-0.3, -0.25) is 0 Å². The van der Waals surface area contributed by atoms with E-state index in [0.29, 0.717) is 0 Å². The van der Waals surface area contributed by atoms with Gasteiger partial charge in [0.05, 0.1) is 0 Å². The van der Waals surface area contributed by atoms with Gasteiger partial charge in [0, 0.05) is 0 Å². The van der Waals surface area contributed by atoms with Crippen molar-refractivity contribution in [2.45, 2.75) is 38.5 Å². The summed E-state index contributed by atoms with van der Waals surface area (Å²) in [6.45, 7) is 0. The fourth-order valence-corrected chi connectivity index (χ4v) is 4.02. The van der Waals surface area contributed by atoms with E-state index in [1.807, 2.05) is 0 Å². The van der Waals surface area contributed by atoms with Crippen LogP contribution in [0.2, 0.25) is 0 Å². The van der Waals surface area contributed by atoms with Crippen LogP contribution in [0.15, 0.2) is 0 Å². The fraction of sp³-hybridized carbons (Fsp3) is 1.00. The van der Waals surface area contributed by atoms with Gasteiger partial charge in [-0.15, -0.1) is 0 Å². The van der Waals surface area contributed by atoms with Gasteiger partial charge in [-0.2, -0.15) is 0 Å². The minimum Gasteiger partial charge on any atom is -0.0527 e. The van der Waals surface area contributed by atoms with E-state index in [0.717, 1.165) is 0 Å². The monoisotopic (exact) mass is 136 g/mol. The Morgan fingerprint density at radius 3 is 1.90 bits per heavy atom. The van der Waals surface area contributed by atoms with E-state index >= 15 is 0 Å². The highest BCUT2D eigenvalue weighted by Gasteiger charge is 2.48. The molecule has 3 rings (SSSR count). The van der Waals surface area contributed by atoms with E-state index in [1.54, 1.807) is 38.5 Å². The molecule has 2 unspecified atom stereocenters. The van der Waals surface area contributed by atoms with Crippen molar-refractivity contribution in [3.05, 3.63) is 0 Å². The van der Waals surface area contributed by atoms with Crippen molar-refractivity contribution in [3.63, 3.8) is 0 Å². The Kier molecular flexibility index (Phi) is 1.00. The van der Waals surface area contributed by atoms with Crippen LogP contribution in [0.1, 0.15) is 38.5 Å². The average Bonchev–Trinajstić information content (AvgIpc) is 2.60. The molecule has 0 aromatic carbocycles. The van der Waals surface area contributed by atoms with Crippen LogP contribution >= 0.6 is 0 Å². The van der Waals surface area contributed by atoms with E-state index in [1.165, 1.54) is 23.7 Å². The van der Waals surface area contributed by atoms with E-state index < -0.39 is 0 Å². The average molecular weight is 136 g/mol. The van der Waals surface area contributed by atoms with Crippen molar-refractivity contribution in [1.29, 1.82) is 0 Å². The molecule has 0 saturated heterocycles. The molecule has 3 saturated carbocycles. The lowest BCUT2D eigenvalue weighted by molar-refractivity contribution is 0.259. The molecule has 10 heavy (non-hydrogen) atoms. The lowest BCUT2D eigenvalue weighted by Crippen LogP contribution is -2.15. The summed E-state index contributed by atoms with van der Waals surface area (Å²) in [5.74, 6) is 4.80. The highest BCUT2D eigenvalue weighted by molar-refractivity contribution is 4.98. The maximum atomic E-state index is 1.62. The summed E-state index contributed by atoms with van der Waals surface area (Å²) >= 11 is 0. The summed E-state index contributed by atoms with van der Waals surface area (Å²) in [6.07, 6.45) is 9.53. The van der Waals surface area contributed by atoms with Crippen molar-refractivity contribution in [2.24, 2.45) is 23.7 Å². The Morgan fingerprint density at radius 2 is 1.30 bits per heavy atom. The summed E-state index contributed by atoms with van der Waals surface area (Å²) in [5.41, 5.74) is 0. The molecule has 0 N–H and O–H groups in total. The van der Waals surface area contributed by atoms with Gasteiger partial charge in [0.2, 0.25) is 0 Å². The number of fused-ring (bicyclic) bond motifs is 5. The Hall–Kier alpha value is 0. The zero-order valence-electron chi connectivity index (χ0n) is 6.55. The summed E-state index contributed by atoms with van der Waals surface area (Å²) in [4.78, 5) is 0. The van der Waals surface area contributed by atoms with Crippen LogP contribution < -0.4 is 0 Å². The molecule has 0 spiro atoms. The minimum absolute atomic E-state index is 1.19. The largest absolute Gasteiger partial charge is 0.0527 e. The predicted molar refractivity (Wildman–Crippen MR) is 41.7 cm³/mol. The smallest absolute Gasteiger partial charge is 0.0355 e. The molecule has 2 bridgehead atoms. The summed E-state index contributed by atoms with van der Waals surface area (Å²) in [5, 5.41) is 0. The molecule has 0 heterocycles. The first-order valence-corrected chi connectivity index (χ1v) is 4.95. The van der Waals surface area contributed by atoms with Crippen molar-refractivity contribution < 1.29 is 0 Å². The second-order valence-electron chi connectivity index (χ2n) is 4.59. The Morgan fingerprint density at radius 1 is 0.700 bits per heavy atom. The van der Waals surface area contributed by atoms with E-state index in [4.69, 9.17) is 0 Å². The highest BCUT2D eigenvalue weighted by atomic mass is 14.5. The lowest BCUT2D eigenvalue weighted by atomic mass is 9.82. The van der Waals surface area contributed by atoms with Gasteiger partial charge in [0.25, 0.3) is 0 Å². The molecule has 0 nitrogen and oxygen atoms in total. The first-order valence-electron chi connectivity index (χ1n) is 4.95. The van der Waals surface area contributed by atoms with Crippen LogP contribution in [0.5, 0.6) is 0 Å². The molecular weight excluding hydrogens is 120 g/mol. The molecule has 0 aromatic rings. The lowest BCUT2D eigenvalue weighted by Gasteiger charge is -2.23. The van der Waals surface area contributed by atoms with Gasteiger partial charge in [-0.05, 0) is 55.8 Å². The topological polar surface area (TPSA) is 0 Å². The standard InChI is InChI=1S/C10H16/c1-2-9-7-4-5-8(6-7)10(9)3-1/h7-10H,1-6H2/t7-,8?,9-,10?/m0/s1. The van der Waals surface area contributed by atoms with Gasteiger partial charge in [0.15, 0.2) is 0 Å². The SMILES string of the molecule is C1CC2C3CC[C@@H](C3)[C@@H]2C1. The second kappa shape index (κ2) is 1.78. The van der Waals surface area contributed by atoms with E-state index in [9.17, 15) is 0 Å². The van der Waals surface area contributed by atoms with Crippen LogP contribution in [0.3, 0.4) is 0 Å². The summed E-state index contributed by atoms with van der Waals surface area (Å²) < 4.78 is 0. The predicted octanol–water partition coefficient (Wildman–Crippen LogP) is 2.83. The Balaban J connectivity index is 1.92. The van der Waals surface area contributed by atoms with Crippen molar-refractivity contribution >= 4 is 0 Å². The molecule has 3 aliphatic carbocycles. The van der Waals surface area contributed by atoms with Crippen molar-refractivity contribution in [1.82, 2.24) is 0 Å². The van der Waals surface area contributed by atoms with Gasteiger partial charge in [0.1, 0.15) is 0 Å². The fourth-order valence-electron chi connectivity index (χ4n) is 4.02. The summed E-state index contributed by atoms with van der Waals surface area (Å²) in [6, 6.07) is 0. The van der Waals surface area contributed by atoms with E-state index in [-0.39, 0.29) is 0 Å². The number of hydrogen-bond acceptors (Lipinski definition) is 0. The molecule has 0 heteroatoms. The third kappa shape index (κ3) is 0.538. The molecular formula is C10H16. The maximum absolute atomic E-state index is 1.62. The normalized spacial score (nSPS) is 57.6. The van der Waals surface area contributed by atoms with Crippen LogP contribution in [0, 0.1) is 23.7 Å². The quantitative estimate of drug-likeness (QED) is 0.480.